The lowest BCUT2D eigenvalue weighted by Crippen LogP contribution is -2.36. The first-order chi connectivity index (χ1) is 9.58. The maximum atomic E-state index is 13.6. The van der Waals surface area contributed by atoms with Crippen LogP contribution in [0.1, 0.15) is 12.8 Å². The molecule has 1 aromatic carbocycles. The summed E-state index contributed by atoms with van der Waals surface area (Å²) >= 11 is 3.17. The minimum atomic E-state index is -0.825. The van der Waals surface area contributed by atoms with Crippen LogP contribution in [-0.4, -0.2) is 28.6 Å². The molecule has 0 amide bonds. The van der Waals surface area contributed by atoms with Gasteiger partial charge in [0.05, 0.1) is 9.99 Å². The standard InChI is InChI=1S/C14H12BrFN2O2/c15-9-6-8-11(7-10(9)16)17-4-3-12(8)18-5-1-2-13(18)14(19)20/h3-4,6-7,13H,1-2,5H2,(H,19,20)/t13-/m1/s1. The first-order valence-electron chi connectivity index (χ1n) is 6.31. The van der Waals surface area contributed by atoms with Crippen molar-refractivity contribution in [2.45, 2.75) is 18.9 Å². The number of benzene rings is 1. The summed E-state index contributed by atoms with van der Waals surface area (Å²) in [5.41, 5.74) is 1.32. The molecule has 0 radical (unpaired) electrons. The molecule has 1 fully saturated rings. The molecule has 6 heteroatoms. The fourth-order valence-electron chi connectivity index (χ4n) is 2.69. The van der Waals surface area contributed by atoms with Gasteiger partial charge < -0.3 is 10.0 Å². The van der Waals surface area contributed by atoms with E-state index in [4.69, 9.17) is 0 Å². The fourth-order valence-corrected chi connectivity index (χ4v) is 3.03. The van der Waals surface area contributed by atoms with E-state index in [9.17, 15) is 14.3 Å². The number of nitrogens with zero attached hydrogens (tertiary/aromatic N) is 2. The van der Waals surface area contributed by atoms with Crippen molar-refractivity contribution in [3.8, 4) is 0 Å². The molecule has 1 aromatic heterocycles. The number of pyridine rings is 1. The van der Waals surface area contributed by atoms with Crippen LogP contribution >= 0.6 is 15.9 Å². The van der Waals surface area contributed by atoms with E-state index in [2.05, 4.69) is 20.9 Å². The molecule has 3 rings (SSSR count). The average molecular weight is 339 g/mol. The van der Waals surface area contributed by atoms with Gasteiger partial charge in [-0.3, -0.25) is 4.98 Å². The van der Waals surface area contributed by atoms with Crippen LogP contribution in [0.2, 0.25) is 0 Å². The van der Waals surface area contributed by atoms with Crippen LogP contribution in [0.3, 0.4) is 0 Å². The van der Waals surface area contributed by atoms with Gasteiger partial charge in [-0.25, -0.2) is 9.18 Å². The van der Waals surface area contributed by atoms with Crippen LogP contribution in [0.4, 0.5) is 10.1 Å². The van der Waals surface area contributed by atoms with Crippen molar-refractivity contribution >= 4 is 38.5 Å². The Hall–Kier alpha value is -1.69. The van der Waals surface area contributed by atoms with Gasteiger partial charge in [-0.1, -0.05) is 0 Å². The van der Waals surface area contributed by atoms with Gasteiger partial charge in [-0.2, -0.15) is 0 Å². The van der Waals surface area contributed by atoms with Crippen LogP contribution in [0, 0.1) is 5.82 Å². The summed E-state index contributed by atoms with van der Waals surface area (Å²) in [6.45, 7) is 0.686. The van der Waals surface area contributed by atoms with Crippen LogP contribution in [-0.2, 0) is 4.79 Å². The molecule has 1 saturated heterocycles. The second-order valence-corrected chi connectivity index (χ2v) is 5.66. The van der Waals surface area contributed by atoms with E-state index in [1.54, 1.807) is 18.3 Å². The largest absolute Gasteiger partial charge is 0.480 e. The molecule has 1 N–H and O–H groups in total. The van der Waals surface area contributed by atoms with Crippen molar-refractivity contribution in [2.75, 3.05) is 11.4 Å². The summed E-state index contributed by atoms with van der Waals surface area (Å²) < 4.78 is 13.9. The Morgan fingerprint density at radius 3 is 3.05 bits per heavy atom. The lowest BCUT2D eigenvalue weighted by Gasteiger charge is -2.25. The van der Waals surface area contributed by atoms with Crippen molar-refractivity contribution in [2.24, 2.45) is 0 Å². The SMILES string of the molecule is O=C(O)[C@H]1CCCN1c1ccnc2cc(F)c(Br)cc12. The minimum absolute atomic E-state index is 0.352. The number of aromatic nitrogens is 1. The minimum Gasteiger partial charge on any atom is -0.480 e. The number of halogens is 2. The van der Waals surface area contributed by atoms with Crippen molar-refractivity contribution < 1.29 is 14.3 Å². The lowest BCUT2D eigenvalue weighted by molar-refractivity contribution is -0.138. The van der Waals surface area contributed by atoms with Crippen molar-refractivity contribution in [1.29, 1.82) is 0 Å². The molecule has 0 saturated carbocycles. The normalized spacial score (nSPS) is 18.7. The number of aliphatic carboxylic acids is 1. The third-order valence-corrected chi connectivity index (χ3v) is 4.22. The van der Waals surface area contributed by atoms with Gasteiger partial charge in [-0.15, -0.1) is 0 Å². The van der Waals surface area contributed by atoms with E-state index in [1.165, 1.54) is 6.07 Å². The molecule has 1 atom stereocenters. The van der Waals surface area contributed by atoms with Gasteiger partial charge in [0.2, 0.25) is 0 Å². The Morgan fingerprint density at radius 1 is 1.50 bits per heavy atom. The van der Waals surface area contributed by atoms with Crippen molar-refractivity contribution in [3.63, 3.8) is 0 Å². The zero-order chi connectivity index (χ0) is 14.3. The molecule has 0 aliphatic carbocycles. The van der Waals surface area contributed by atoms with Crippen LogP contribution in [0.15, 0.2) is 28.9 Å². The molecule has 20 heavy (non-hydrogen) atoms. The van der Waals surface area contributed by atoms with Gasteiger partial charge >= 0.3 is 5.97 Å². The number of hydrogen-bond acceptors (Lipinski definition) is 3. The zero-order valence-corrected chi connectivity index (χ0v) is 12.1. The van der Waals surface area contributed by atoms with E-state index in [0.717, 1.165) is 17.5 Å². The Balaban J connectivity index is 2.16. The lowest BCUT2D eigenvalue weighted by atomic mass is 10.1. The van der Waals surface area contributed by atoms with E-state index < -0.39 is 12.0 Å². The quantitative estimate of drug-likeness (QED) is 0.913. The second-order valence-electron chi connectivity index (χ2n) is 4.80. The van der Waals surface area contributed by atoms with Crippen LogP contribution < -0.4 is 4.90 Å². The first kappa shape index (κ1) is 13.3. The molecular weight excluding hydrogens is 327 g/mol. The molecule has 2 aromatic rings. The summed E-state index contributed by atoms with van der Waals surface area (Å²) in [6.07, 6.45) is 3.05. The number of fused-ring (bicyclic) bond motifs is 1. The zero-order valence-electron chi connectivity index (χ0n) is 10.5. The first-order valence-corrected chi connectivity index (χ1v) is 7.10. The molecular formula is C14H12BrFN2O2. The Kier molecular flexibility index (Phi) is 3.33. The third kappa shape index (κ3) is 2.14. The van der Waals surface area contributed by atoms with Crippen LogP contribution in [0.25, 0.3) is 10.9 Å². The van der Waals surface area contributed by atoms with Gasteiger partial charge in [-0.05, 0) is 40.9 Å². The number of carbonyl (C=O) groups is 1. The molecule has 0 spiro atoms. The maximum absolute atomic E-state index is 13.6. The number of hydrogen-bond donors (Lipinski definition) is 1. The number of rotatable bonds is 2. The monoisotopic (exact) mass is 338 g/mol. The summed E-state index contributed by atoms with van der Waals surface area (Å²) in [5.74, 6) is -1.20. The molecule has 2 heterocycles. The van der Waals surface area contributed by atoms with Gasteiger partial charge in [0.1, 0.15) is 11.9 Å². The van der Waals surface area contributed by atoms with Crippen molar-refractivity contribution in [3.05, 3.63) is 34.7 Å². The summed E-state index contributed by atoms with van der Waals surface area (Å²) in [6, 6.07) is 4.27. The van der Waals surface area contributed by atoms with E-state index in [1.807, 2.05) is 4.90 Å². The Labute approximate surface area is 123 Å². The smallest absolute Gasteiger partial charge is 0.326 e. The number of carboxylic acid groups (broad SMARTS) is 1. The molecule has 0 unspecified atom stereocenters. The second kappa shape index (κ2) is 5.01. The predicted molar refractivity (Wildman–Crippen MR) is 77.4 cm³/mol. The van der Waals surface area contributed by atoms with E-state index in [-0.39, 0.29) is 5.82 Å². The highest BCUT2D eigenvalue weighted by atomic mass is 79.9. The van der Waals surface area contributed by atoms with Gasteiger partial charge in [0.25, 0.3) is 0 Å². The van der Waals surface area contributed by atoms with Crippen molar-refractivity contribution in [1.82, 2.24) is 4.98 Å². The number of anilines is 1. The predicted octanol–water partition coefficient (Wildman–Crippen LogP) is 3.19. The highest BCUT2D eigenvalue weighted by molar-refractivity contribution is 9.10. The summed E-state index contributed by atoms with van der Waals surface area (Å²) in [5, 5.41) is 10.0. The summed E-state index contributed by atoms with van der Waals surface area (Å²) in [4.78, 5) is 17.3. The highest BCUT2D eigenvalue weighted by Gasteiger charge is 2.31. The highest BCUT2D eigenvalue weighted by Crippen LogP contribution is 2.33. The topological polar surface area (TPSA) is 53.4 Å². The molecule has 0 bridgehead atoms. The van der Waals surface area contributed by atoms with Crippen LogP contribution in [0.5, 0.6) is 0 Å². The average Bonchev–Trinajstić information content (AvgIpc) is 2.88. The Bertz CT molecular complexity index is 692. The molecule has 104 valence electrons. The number of carboxylic acids is 1. The fraction of sp³-hybridized carbons (Fsp3) is 0.286. The van der Waals surface area contributed by atoms with E-state index >= 15 is 0 Å². The summed E-state index contributed by atoms with van der Waals surface area (Å²) in [7, 11) is 0. The molecule has 1 aliphatic heterocycles. The van der Waals surface area contributed by atoms with E-state index in [0.29, 0.717) is 23.0 Å². The Morgan fingerprint density at radius 2 is 2.30 bits per heavy atom. The van der Waals surface area contributed by atoms with Gasteiger partial charge in [0.15, 0.2) is 0 Å². The third-order valence-electron chi connectivity index (χ3n) is 3.61. The molecule has 4 nitrogen and oxygen atoms in total. The maximum Gasteiger partial charge on any atom is 0.326 e. The molecule has 1 aliphatic rings. The van der Waals surface area contributed by atoms with Gasteiger partial charge in [0, 0.05) is 29.9 Å².